The van der Waals surface area contributed by atoms with Gasteiger partial charge in [0.25, 0.3) is 10.0 Å². The van der Waals surface area contributed by atoms with Gasteiger partial charge in [0.15, 0.2) is 0 Å². The highest BCUT2D eigenvalue weighted by Gasteiger charge is 2.33. The Morgan fingerprint density at radius 2 is 1.70 bits per heavy atom. The van der Waals surface area contributed by atoms with Crippen molar-refractivity contribution in [3.63, 3.8) is 0 Å². The zero-order valence-corrected chi connectivity index (χ0v) is 14.8. The molecule has 0 fully saturated rings. The number of halogens is 3. The van der Waals surface area contributed by atoms with Crippen molar-refractivity contribution in [2.75, 3.05) is 16.2 Å². The molecule has 0 aliphatic carbocycles. The number of benzene rings is 2. The van der Waals surface area contributed by atoms with Crippen molar-refractivity contribution in [1.29, 1.82) is 0 Å². The van der Waals surface area contributed by atoms with Crippen LogP contribution in [-0.2, 0) is 33.8 Å². The fraction of sp³-hybridized carbons (Fsp3) is 0.278. The molecule has 5 nitrogen and oxygen atoms in total. The first-order valence-electron chi connectivity index (χ1n) is 8.31. The first-order chi connectivity index (χ1) is 12.6. The second kappa shape index (κ2) is 5.98. The van der Waals surface area contributed by atoms with E-state index in [4.69, 9.17) is 0 Å². The van der Waals surface area contributed by atoms with Gasteiger partial charge in [-0.25, -0.2) is 8.42 Å². The summed E-state index contributed by atoms with van der Waals surface area (Å²) in [5.74, 6) is 0.0268. The van der Waals surface area contributed by atoms with Crippen LogP contribution in [-0.4, -0.2) is 20.9 Å². The third-order valence-corrected chi connectivity index (χ3v) is 6.14. The number of amides is 1. The van der Waals surface area contributed by atoms with E-state index in [-0.39, 0.29) is 16.5 Å². The molecular formula is C18H15F3N2O3S. The van der Waals surface area contributed by atoms with Crippen LogP contribution in [0.3, 0.4) is 0 Å². The van der Waals surface area contributed by atoms with Gasteiger partial charge in [-0.1, -0.05) is 6.07 Å². The molecule has 0 radical (unpaired) electrons. The van der Waals surface area contributed by atoms with Gasteiger partial charge in [0.05, 0.1) is 16.1 Å². The lowest BCUT2D eigenvalue weighted by atomic mass is 10.00. The average Bonchev–Trinajstić information content (AvgIpc) is 3.03. The van der Waals surface area contributed by atoms with Crippen molar-refractivity contribution >= 4 is 27.3 Å². The topological polar surface area (TPSA) is 66.5 Å². The molecule has 0 unspecified atom stereocenters. The minimum Gasteiger partial charge on any atom is -0.312 e. The van der Waals surface area contributed by atoms with Gasteiger partial charge in [0, 0.05) is 18.7 Å². The number of hydrogen-bond donors (Lipinski definition) is 1. The molecule has 4 rings (SSSR count). The molecule has 0 atom stereocenters. The molecular weight excluding hydrogens is 381 g/mol. The van der Waals surface area contributed by atoms with Gasteiger partial charge in [-0.2, -0.15) is 13.2 Å². The highest BCUT2D eigenvalue weighted by atomic mass is 32.2. The Morgan fingerprint density at radius 1 is 1.00 bits per heavy atom. The number of nitrogens with one attached hydrogen (secondary N) is 1. The van der Waals surface area contributed by atoms with Crippen LogP contribution in [0.5, 0.6) is 0 Å². The summed E-state index contributed by atoms with van der Waals surface area (Å²) in [4.78, 5) is 13.6. The van der Waals surface area contributed by atoms with Gasteiger partial charge in [-0.3, -0.25) is 9.52 Å². The molecule has 2 aliphatic heterocycles. The van der Waals surface area contributed by atoms with Crippen LogP contribution in [0.2, 0.25) is 0 Å². The highest BCUT2D eigenvalue weighted by Crippen LogP contribution is 2.39. The van der Waals surface area contributed by atoms with Crippen molar-refractivity contribution in [1.82, 2.24) is 0 Å². The molecule has 142 valence electrons. The zero-order valence-electron chi connectivity index (χ0n) is 14.0. The van der Waals surface area contributed by atoms with E-state index < -0.39 is 21.8 Å². The summed E-state index contributed by atoms with van der Waals surface area (Å²) in [6, 6.07) is 7.05. The molecule has 0 aromatic heterocycles. The molecule has 2 aromatic carbocycles. The summed E-state index contributed by atoms with van der Waals surface area (Å²) in [5, 5.41) is 0. The molecule has 9 heteroatoms. The molecule has 0 saturated heterocycles. The first kappa shape index (κ1) is 17.8. The standard InChI is InChI=1S/C18H15F3N2O3S/c19-18(20,21)13-2-1-3-14(10-13)22-27(25,26)15-8-11-4-5-16(24)23-7-6-12(9-15)17(11)23/h1-3,8-10,22H,4-7H2. The lowest BCUT2D eigenvalue weighted by Crippen LogP contribution is -2.33. The normalized spacial score (nSPS) is 16.4. The summed E-state index contributed by atoms with van der Waals surface area (Å²) in [6.45, 7) is 0.520. The number of nitrogens with zero attached hydrogens (tertiary/aromatic N) is 1. The van der Waals surface area contributed by atoms with Crippen molar-refractivity contribution in [2.45, 2.75) is 30.3 Å². The summed E-state index contributed by atoms with van der Waals surface area (Å²) < 4.78 is 66.2. The predicted molar refractivity (Wildman–Crippen MR) is 93.1 cm³/mol. The van der Waals surface area contributed by atoms with Crippen LogP contribution in [0.15, 0.2) is 41.3 Å². The molecule has 0 bridgehead atoms. The number of sulfonamides is 1. The van der Waals surface area contributed by atoms with Crippen molar-refractivity contribution in [2.24, 2.45) is 0 Å². The predicted octanol–water partition coefficient (Wildman–Crippen LogP) is 3.34. The van der Waals surface area contributed by atoms with Crippen LogP contribution in [0.1, 0.15) is 23.1 Å². The zero-order chi connectivity index (χ0) is 19.4. The molecule has 2 heterocycles. The lowest BCUT2D eigenvalue weighted by molar-refractivity contribution is -0.137. The summed E-state index contributed by atoms with van der Waals surface area (Å²) in [6.07, 6.45) is -3.24. The van der Waals surface area contributed by atoms with Crippen LogP contribution in [0, 0.1) is 0 Å². The SMILES string of the molecule is O=C1CCc2cc(S(=O)(=O)Nc3cccc(C(F)(F)F)c3)cc3c2N1CC3. The van der Waals surface area contributed by atoms with E-state index in [1.807, 2.05) is 0 Å². The van der Waals surface area contributed by atoms with Gasteiger partial charge >= 0.3 is 6.18 Å². The maximum atomic E-state index is 12.8. The largest absolute Gasteiger partial charge is 0.416 e. The number of anilines is 2. The number of aryl methyl sites for hydroxylation is 1. The van der Waals surface area contributed by atoms with Crippen molar-refractivity contribution in [3.8, 4) is 0 Å². The fourth-order valence-corrected chi connectivity index (χ4v) is 4.70. The van der Waals surface area contributed by atoms with Crippen LogP contribution in [0.25, 0.3) is 0 Å². The van der Waals surface area contributed by atoms with E-state index in [9.17, 15) is 26.4 Å². The van der Waals surface area contributed by atoms with E-state index >= 15 is 0 Å². The molecule has 2 aromatic rings. The first-order valence-corrected chi connectivity index (χ1v) is 9.80. The van der Waals surface area contributed by atoms with Crippen molar-refractivity contribution < 1.29 is 26.4 Å². The van der Waals surface area contributed by atoms with E-state index in [1.54, 1.807) is 4.90 Å². The van der Waals surface area contributed by atoms with E-state index in [1.165, 1.54) is 18.2 Å². The smallest absolute Gasteiger partial charge is 0.312 e. The van der Waals surface area contributed by atoms with Crippen LogP contribution >= 0.6 is 0 Å². The minimum absolute atomic E-state index is 0.00939. The lowest BCUT2D eigenvalue weighted by Gasteiger charge is -2.25. The Kier molecular flexibility index (Phi) is 3.95. The number of alkyl halides is 3. The molecule has 1 amide bonds. The molecule has 2 aliphatic rings. The number of carbonyl (C=O) groups excluding carboxylic acids is 1. The Balaban J connectivity index is 1.69. The second-order valence-corrected chi connectivity index (χ2v) is 8.25. The maximum Gasteiger partial charge on any atom is 0.416 e. The fourth-order valence-electron chi connectivity index (χ4n) is 3.55. The number of hydrogen-bond acceptors (Lipinski definition) is 3. The van der Waals surface area contributed by atoms with Crippen LogP contribution in [0.4, 0.5) is 24.5 Å². The monoisotopic (exact) mass is 396 g/mol. The molecule has 0 spiro atoms. The number of rotatable bonds is 3. The van der Waals surface area contributed by atoms with Crippen LogP contribution < -0.4 is 9.62 Å². The summed E-state index contributed by atoms with van der Waals surface area (Å²) in [7, 11) is -4.06. The quantitative estimate of drug-likeness (QED) is 0.865. The van der Waals surface area contributed by atoms with E-state index in [0.717, 1.165) is 35.0 Å². The molecule has 0 saturated carbocycles. The summed E-state index contributed by atoms with van der Waals surface area (Å²) >= 11 is 0. The molecule has 1 N–H and O–H groups in total. The number of carbonyl (C=O) groups is 1. The molecule has 27 heavy (non-hydrogen) atoms. The van der Waals surface area contributed by atoms with Crippen molar-refractivity contribution in [3.05, 3.63) is 53.1 Å². The third kappa shape index (κ3) is 3.16. The Labute approximate surface area is 153 Å². The Morgan fingerprint density at radius 3 is 2.41 bits per heavy atom. The van der Waals surface area contributed by atoms with Gasteiger partial charge in [0.2, 0.25) is 5.91 Å². The third-order valence-electron chi connectivity index (χ3n) is 4.78. The summed E-state index contributed by atoms with van der Waals surface area (Å²) in [5.41, 5.74) is 1.24. The van der Waals surface area contributed by atoms with E-state index in [0.29, 0.717) is 25.8 Å². The highest BCUT2D eigenvalue weighted by molar-refractivity contribution is 7.92. The van der Waals surface area contributed by atoms with Gasteiger partial charge in [0.1, 0.15) is 0 Å². The van der Waals surface area contributed by atoms with Gasteiger partial charge in [-0.05, 0) is 54.3 Å². The van der Waals surface area contributed by atoms with Gasteiger partial charge < -0.3 is 4.90 Å². The van der Waals surface area contributed by atoms with Gasteiger partial charge in [-0.15, -0.1) is 0 Å². The Bertz CT molecular complexity index is 1050. The minimum atomic E-state index is -4.56. The second-order valence-electron chi connectivity index (χ2n) is 6.57. The average molecular weight is 396 g/mol. The Hall–Kier alpha value is -2.55. The maximum absolute atomic E-state index is 12.8. The van der Waals surface area contributed by atoms with E-state index in [2.05, 4.69) is 4.72 Å².